The summed E-state index contributed by atoms with van der Waals surface area (Å²) in [5.74, 6) is -3.47. The van der Waals surface area contributed by atoms with Gasteiger partial charge in [-0.15, -0.1) is 0 Å². The van der Waals surface area contributed by atoms with Gasteiger partial charge in [-0.2, -0.15) is 0 Å². The van der Waals surface area contributed by atoms with Crippen LogP contribution in [-0.4, -0.2) is 113 Å². The number of ether oxygens (including phenoxy) is 9. The fourth-order valence-electron chi connectivity index (χ4n) is 5.47. The molecule has 2 fully saturated rings. The lowest BCUT2D eigenvalue weighted by Crippen LogP contribution is -2.67. The molecule has 1 N–H and O–H groups in total. The fourth-order valence-corrected chi connectivity index (χ4v) is 6.79. The Morgan fingerprint density at radius 2 is 1.49 bits per heavy atom. The second-order valence-corrected chi connectivity index (χ2v) is 18.8. The minimum Gasteiger partial charge on any atom is -0.467 e. The van der Waals surface area contributed by atoms with E-state index in [4.69, 9.17) is 52.5 Å². The lowest BCUT2D eigenvalue weighted by Gasteiger charge is -2.50. The highest BCUT2D eigenvalue weighted by molar-refractivity contribution is 6.74. The number of hydrogen-bond donors (Lipinski definition) is 1. The molecule has 0 radical (unpaired) electrons. The van der Waals surface area contributed by atoms with Crippen LogP contribution in [0.1, 0.15) is 54.0 Å². The van der Waals surface area contributed by atoms with E-state index in [0.29, 0.717) is 5.56 Å². The van der Waals surface area contributed by atoms with Crippen molar-refractivity contribution in [3.8, 4) is 0 Å². The maximum atomic E-state index is 13.4. The van der Waals surface area contributed by atoms with Gasteiger partial charge in [0.25, 0.3) is 0 Å². The summed E-state index contributed by atoms with van der Waals surface area (Å²) in [6.45, 7) is 14.2. The van der Waals surface area contributed by atoms with Crippen LogP contribution < -0.4 is 0 Å². The first kappa shape index (κ1) is 43.3. The van der Waals surface area contributed by atoms with Gasteiger partial charge in [-0.05, 0) is 29.2 Å². The summed E-state index contributed by atoms with van der Waals surface area (Å²) in [6, 6.07) is 7.45. The van der Waals surface area contributed by atoms with Crippen molar-refractivity contribution in [2.24, 2.45) is 5.11 Å². The van der Waals surface area contributed by atoms with E-state index < -0.39 is 100 Å². The molecule has 2 saturated heterocycles. The summed E-state index contributed by atoms with van der Waals surface area (Å²) < 4.78 is 59.2. The number of nitrogens with zero attached hydrogens (tertiary/aromatic N) is 3. The smallest absolute Gasteiger partial charge is 0.338 e. The second-order valence-electron chi connectivity index (χ2n) is 14.0. The Balaban J connectivity index is 2.21. The van der Waals surface area contributed by atoms with E-state index in [-0.39, 0.29) is 17.5 Å². The summed E-state index contributed by atoms with van der Waals surface area (Å²) in [5.41, 5.74) is 10.5. The molecular weight excluding hydrogens is 716 g/mol. The Bertz CT molecular complexity index is 1500. The predicted molar refractivity (Wildman–Crippen MR) is 186 cm³/mol. The zero-order valence-electron chi connectivity index (χ0n) is 31.6. The van der Waals surface area contributed by atoms with Gasteiger partial charge in [0.2, 0.25) is 6.29 Å². The van der Waals surface area contributed by atoms with Gasteiger partial charge in [-0.25, -0.2) is 4.79 Å². The lowest BCUT2D eigenvalue weighted by molar-refractivity contribution is -0.337. The summed E-state index contributed by atoms with van der Waals surface area (Å²) in [7, 11) is -1.60. The molecule has 10 atom stereocenters. The third kappa shape index (κ3) is 11.7. The Kier molecular flexibility index (Phi) is 15.3. The molecule has 294 valence electrons. The third-order valence-electron chi connectivity index (χ3n) is 8.89. The van der Waals surface area contributed by atoms with Crippen LogP contribution in [0.4, 0.5) is 0 Å². The number of esters is 4. The fraction of sp³-hybridized carbons (Fsp3) is 0.676. The van der Waals surface area contributed by atoms with Gasteiger partial charge in [0.1, 0.15) is 43.2 Å². The Hall–Kier alpha value is -4.10. The SMILES string of the molecule is COC(=O)C1O[C@H](OC(C)=N)C(OC(C)=O)[C@H](OCc2ccccc2)[C@H]1O[C@@H]1OC(COC(C)=O)[C@@H](O[Si](C)(C)C(C)(C)C)C(OC(C)=O)[C@@H]1N=[N+]=[N-]. The minimum absolute atomic E-state index is 0.0911. The molecule has 19 heteroatoms. The van der Waals surface area contributed by atoms with E-state index >= 15 is 0 Å². The number of carbonyl (C=O) groups is 4. The van der Waals surface area contributed by atoms with Crippen molar-refractivity contribution >= 4 is 38.1 Å². The largest absolute Gasteiger partial charge is 0.467 e. The molecule has 0 bridgehead atoms. The molecule has 2 aliphatic rings. The maximum absolute atomic E-state index is 13.4. The molecule has 53 heavy (non-hydrogen) atoms. The number of nitrogens with one attached hydrogen (secondary N) is 1. The molecule has 0 aromatic heterocycles. The van der Waals surface area contributed by atoms with Crippen LogP contribution in [0.25, 0.3) is 10.4 Å². The number of azide groups is 1. The second kappa shape index (κ2) is 18.8. The zero-order chi connectivity index (χ0) is 39.7. The zero-order valence-corrected chi connectivity index (χ0v) is 32.6. The van der Waals surface area contributed by atoms with Crippen LogP contribution in [0.2, 0.25) is 18.1 Å². The maximum Gasteiger partial charge on any atom is 0.338 e. The summed E-state index contributed by atoms with van der Waals surface area (Å²) in [5, 5.41) is 11.5. The van der Waals surface area contributed by atoms with E-state index in [0.717, 1.165) is 21.0 Å². The van der Waals surface area contributed by atoms with Gasteiger partial charge < -0.3 is 47.1 Å². The van der Waals surface area contributed by atoms with Crippen molar-refractivity contribution in [1.29, 1.82) is 5.41 Å². The molecule has 0 aliphatic carbocycles. The highest BCUT2D eigenvalue weighted by atomic mass is 28.4. The Labute approximate surface area is 309 Å². The molecule has 0 amide bonds. The van der Waals surface area contributed by atoms with Gasteiger partial charge >= 0.3 is 23.9 Å². The van der Waals surface area contributed by atoms with E-state index in [1.165, 1.54) is 13.8 Å². The normalized spacial score (nSPS) is 28.8. The summed E-state index contributed by atoms with van der Waals surface area (Å²) in [4.78, 5) is 53.5. The van der Waals surface area contributed by atoms with Crippen LogP contribution in [-0.2, 0) is 72.8 Å². The van der Waals surface area contributed by atoms with Gasteiger partial charge in [0, 0.05) is 32.6 Å². The van der Waals surface area contributed by atoms with Crippen molar-refractivity contribution < 1.29 is 66.2 Å². The molecule has 4 unspecified atom stereocenters. The number of methoxy groups -OCH3 is 1. The molecule has 2 heterocycles. The topological polar surface area (TPSA) is 233 Å². The van der Waals surface area contributed by atoms with E-state index in [2.05, 4.69) is 10.0 Å². The molecular formula is C34H50N4O14Si. The van der Waals surface area contributed by atoms with Gasteiger partial charge in [-0.3, -0.25) is 19.8 Å². The third-order valence-corrected chi connectivity index (χ3v) is 13.4. The molecule has 18 nitrogen and oxygen atoms in total. The van der Waals surface area contributed by atoms with Crippen molar-refractivity contribution in [3.05, 3.63) is 46.3 Å². The van der Waals surface area contributed by atoms with Gasteiger partial charge in [-0.1, -0.05) is 56.2 Å². The predicted octanol–water partition coefficient (Wildman–Crippen LogP) is 4.09. The highest BCUT2D eigenvalue weighted by Crippen LogP contribution is 2.41. The molecule has 0 spiro atoms. The number of rotatable bonds is 14. The first-order valence-corrected chi connectivity index (χ1v) is 19.8. The van der Waals surface area contributed by atoms with Crippen LogP contribution >= 0.6 is 0 Å². The molecule has 0 saturated carbocycles. The highest BCUT2D eigenvalue weighted by Gasteiger charge is 2.58. The molecule has 2 aliphatic heterocycles. The van der Waals surface area contributed by atoms with Crippen LogP contribution in [0.5, 0.6) is 0 Å². The minimum atomic E-state index is -2.70. The summed E-state index contributed by atoms with van der Waals surface area (Å²) >= 11 is 0. The molecule has 3 rings (SSSR count). The van der Waals surface area contributed by atoms with Crippen LogP contribution in [0, 0.1) is 5.41 Å². The molecule has 1 aromatic carbocycles. The first-order chi connectivity index (χ1) is 24.8. The van der Waals surface area contributed by atoms with Crippen molar-refractivity contribution in [2.75, 3.05) is 13.7 Å². The van der Waals surface area contributed by atoms with Crippen molar-refractivity contribution in [1.82, 2.24) is 0 Å². The summed E-state index contributed by atoms with van der Waals surface area (Å²) in [6.07, 6.45) is -12.9. The first-order valence-electron chi connectivity index (χ1n) is 16.9. The van der Waals surface area contributed by atoms with Crippen molar-refractivity contribution in [2.45, 2.75) is 135 Å². The monoisotopic (exact) mass is 766 g/mol. The average molecular weight is 767 g/mol. The van der Waals surface area contributed by atoms with Gasteiger partial charge in [0.05, 0.1) is 13.7 Å². The standard InChI is InChI=1S/C34H50N4O14Si/c1-18(35)46-33-30(48-21(4)41)27(45-16-22-14-12-11-13-15-22)28(29(51-33)31(42)43-8)50-32-24(37-38-36)26(47-20(3)40)25(23(49-32)17-44-19(2)39)52-53(9,10)34(5,6)7/h11-15,23-30,32-33,35H,16-17H2,1-10H3/t23?,24-,25+,26?,27+,28+,29?,30?,32-,33-/m0/s1. The quantitative estimate of drug-likeness (QED) is 0.0411. The lowest BCUT2D eigenvalue weighted by atomic mass is 9.95. The van der Waals surface area contributed by atoms with E-state index in [9.17, 15) is 24.7 Å². The van der Waals surface area contributed by atoms with E-state index in [1.54, 1.807) is 30.3 Å². The van der Waals surface area contributed by atoms with Crippen LogP contribution in [0.3, 0.4) is 0 Å². The van der Waals surface area contributed by atoms with Crippen LogP contribution in [0.15, 0.2) is 35.4 Å². The Morgan fingerprint density at radius 3 is 2.02 bits per heavy atom. The van der Waals surface area contributed by atoms with Gasteiger partial charge in [0.15, 0.2) is 32.7 Å². The number of carbonyl (C=O) groups excluding carboxylic acids is 4. The number of hydrogen-bond acceptors (Lipinski definition) is 16. The molecule has 1 aromatic rings. The van der Waals surface area contributed by atoms with Crippen molar-refractivity contribution in [3.63, 3.8) is 0 Å². The Morgan fingerprint density at radius 1 is 0.868 bits per heavy atom. The average Bonchev–Trinajstić information content (AvgIpc) is 3.06. The van der Waals surface area contributed by atoms with E-state index in [1.807, 2.05) is 33.9 Å². The number of benzene rings is 1.